The molecule has 1 saturated heterocycles. The molecule has 4 heterocycles. The number of esters is 1. The summed E-state index contributed by atoms with van der Waals surface area (Å²) >= 11 is 1.41. The van der Waals surface area contributed by atoms with E-state index >= 15 is 4.39 Å². The molecule has 8 rings (SSSR count). The minimum absolute atomic E-state index is 0.0606. The lowest BCUT2D eigenvalue weighted by Crippen LogP contribution is -2.43. The summed E-state index contributed by atoms with van der Waals surface area (Å²) in [5, 5.41) is 9.74. The van der Waals surface area contributed by atoms with Gasteiger partial charge in [-0.3, -0.25) is 24.2 Å². The van der Waals surface area contributed by atoms with Gasteiger partial charge in [0.1, 0.15) is 23.6 Å². The molecule has 292 valence electrons. The Labute approximate surface area is 331 Å². The Morgan fingerprint density at radius 1 is 0.860 bits per heavy atom. The summed E-state index contributed by atoms with van der Waals surface area (Å²) in [6.45, 7) is 5.54. The molecule has 0 unspecified atom stereocenters. The van der Waals surface area contributed by atoms with Gasteiger partial charge in [-0.15, -0.1) is 11.3 Å². The van der Waals surface area contributed by atoms with Crippen molar-refractivity contribution in [2.45, 2.75) is 25.9 Å². The van der Waals surface area contributed by atoms with Gasteiger partial charge in [-0.25, -0.2) is 13.6 Å². The van der Waals surface area contributed by atoms with Crippen LogP contribution in [0.4, 0.5) is 20.2 Å². The molecule has 1 saturated carbocycles. The molecule has 0 radical (unpaired) electrons. The van der Waals surface area contributed by atoms with Gasteiger partial charge < -0.3 is 25.0 Å². The van der Waals surface area contributed by atoms with Crippen molar-refractivity contribution in [3.8, 4) is 21.9 Å². The molecule has 12 nitrogen and oxygen atoms in total. The molecule has 3 aromatic carbocycles. The number of pyridine rings is 1. The highest BCUT2D eigenvalue weighted by atomic mass is 32.1. The molecule has 0 bridgehead atoms. The van der Waals surface area contributed by atoms with Crippen LogP contribution < -0.4 is 15.4 Å². The predicted octanol–water partition coefficient (Wildman–Crippen LogP) is 7.19. The van der Waals surface area contributed by atoms with Crippen LogP contribution in [0.25, 0.3) is 20.7 Å². The minimum atomic E-state index is -1.29. The Morgan fingerprint density at radius 3 is 2.30 bits per heavy atom. The number of halogens is 2. The van der Waals surface area contributed by atoms with Crippen molar-refractivity contribution in [3.05, 3.63) is 120 Å². The van der Waals surface area contributed by atoms with Crippen molar-refractivity contribution in [1.82, 2.24) is 24.6 Å². The maximum absolute atomic E-state index is 15.4. The molecule has 6 aromatic rings. The Balaban J connectivity index is 0.851. The number of piperazine rings is 1. The van der Waals surface area contributed by atoms with Crippen LogP contribution in [0, 0.1) is 17.0 Å². The fourth-order valence-corrected chi connectivity index (χ4v) is 7.61. The van der Waals surface area contributed by atoms with Gasteiger partial charge in [0.2, 0.25) is 11.8 Å². The van der Waals surface area contributed by atoms with Gasteiger partial charge in [-0.2, -0.15) is 5.10 Å². The molecule has 2 fully saturated rings. The molecule has 0 spiro atoms. The van der Waals surface area contributed by atoms with Crippen LogP contribution >= 0.6 is 11.3 Å². The quantitative estimate of drug-likeness (QED) is 0.0922. The van der Waals surface area contributed by atoms with Crippen molar-refractivity contribution < 1.29 is 32.6 Å². The third kappa shape index (κ3) is 8.70. The predicted molar refractivity (Wildman–Crippen MR) is 212 cm³/mol. The van der Waals surface area contributed by atoms with Crippen molar-refractivity contribution in [3.63, 3.8) is 0 Å². The summed E-state index contributed by atoms with van der Waals surface area (Å²) in [5.41, 5.74) is 2.40. The Hall–Kier alpha value is -6.03. The second-order valence-electron chi connectivity index (χ2n) is 14.3. The molecular formula is C42H39F2N7O5S. The van der Waals surface area contributed by atoms with Crippen LogP contribution in [0.1, 0.15) is 28.8 Å². The number of fused-ring (bicyclic) bond motifs is 1. The van der Waals surface area contributed by atoms with E-state index in [1.54, 1.807) is 23.1 Å². The molecule has 3 aromatic heterocycles. The minimum Gasteiger partial charge on any atom is -0.460 e. The zero-order valence-corrected chi connectivity index (χ0v) is 31.9. The fourth-order valence-electron chi connectivity index (χ4n) is 6.57. The Kier molecular flexibility index (Phi) is 10.8. The van der Waals surface area contributed by atoms with Crippen LogP contribution in [0.3, 0.4) is 0 Å². The third-order valence-corrected chi connectivity index (χ3v) is 11.4. The van der Waals surface area contributed by atoms with E-state index in [0.29, 0.717) is 46.6 Å². The standard InChI is InChI=1S/C42H39F2N7O5S/c1-49-16-18-50(19-17-49)25-27-2-4-28(5-3-27)39(52)55-21-20-51-26-29(24-46-51)37-23-34-38(57-37)36(12-15-45-34)56-35-11-10-32(22-33(35)44)48-41(54)42(13-14-42)40(53)47-31-8-6-30(43)7-9-31/h2-12,15,22-24,26H,13-14,16-21,25H2,1H3,(H,47,53)(H,48,54). The number of carbonyl (C=O) groups excluding carboxylic acids is 3. The van der Waals surface area contributed by atoms with Gasteiger partial charge in [-0.1, -0.05) is 12.1 Å². The molecule has 15 heteroatoms. The number of aromatic nitrogens is 3. The second-order valence-corrected chi connectivity index (χ2v) is 15.3. The first-order chi connectivity index (χ1) is 27.6. The van der Waals surface area contributed by atoms with Crippen molar-refractivity contribution >= 4 is 50.7 Å². The first kappa shape index (κ1) is 37.9. The number of benzene rings is 3. The number of carbonyl (C=O) groups is 3. The number of nitrogens with zero attached hydrogens (tertiary/aromatic N) is 5. The number of nitrogens with one attached hydrogen (secondary N) is 2. The van der Waals surface area contributed by atoms with E-state index in [2.05, 4.69) is 37.6 Å². The highest BCUT2D eigenvalue weighted by Gasteiger charge is 2.56. The lowest BCUT2D eigenvalue weighted by molar-refractivity contribution is -0.131. The number of thiophene rings is 1. The highest BCUT2D eigenvalue weighted by molar-refractivity contribution is 7.22. The Bertz CT molecular complexity index is 2420. The normalized spacial score (nSPS) is 15.3. The highest BCUT2D eigenvalue weighted by Crippen LogP contribution is 2.48. The third-order valence-electron chi connectivity index (χ3n) is 10.2. The van der Waals surface area contributed by atoms with E-state index in [-0.39, 0.29) is 24.0 Å². The van der Waals surface area contributed by atoms with E-state index in [0.717, 1.165) is 54.8 Å². The number of ether oxygens (including phenoxy) is 2. The SMILES string of the molecule is CN1CCN(Cc2ccc(C(=O)OCCn3cc(-c4cc5nccc(Oc6ccc(NC(=O)C7(C(=O)Nc8ccc(F)cc8)CC7)cc6F)c5s4)cn3)cc2)CC1. The molecule has 57 heavy (non-hydrogen) atoms. The van der Waals surface area contributed by atoms with Crippen molar-refractivity contribution in [2.24, 2.45) is 5.41 Å². The molecule has 2 N–H and O–H groups in total. The van der Waals surface area contributed by atoms with Crippen molar-refractivity contribution in [2.75, 3.05) is 50.5 Å². The molecular weight excluding hydrogens is 753 g/mol. The molecule has 1 aliphatic heterocycles. The summed E-state index contributed by atoms with van der Waals surface area (Å²) in [5.74, 6) is -2.27. The monoisotopic (exact) mass is 791 g/mol. The molecule has 1 aliphatic carbocycles. The van der Waals surface area contributed by atoms with Gasteiger partial charge in [0.25, 0.3) is 0 Å². The number of hydrogen-bond acceptors (Lipinski definition) is 10. The van der Waals surface area contributed by atoms with E-state index < -0.39 is 28.9 Å². The average Bonchev–Trinajstić information content (AvgIpc) is 3.70. The van der Waals surface area contributed by atoms with Crippen LogP contribution in [0.2, 0.25) is 0 Å². The van der Waals surface area contributed by atoms with Crippen molar-refractivity contribution in [1.29, 1.82) is 0 Å². The number of amides is 2. The van der Waals surface area contributed by atoms with Crippen LogP contribution in [-0.2, 0) is 27.4 Å². The van der Waals surface area contributed by atoms with E-state index in [4.69, 9.17) is 9.47 Å². The maximum atomic E-state index is 15.4. The second kappa shape index (κ2) is 16.2. The molecule has 2 amide bonds. The zero-order valence-electron chi connectivity index (χ0n) is 31.0. The number of anilines is 2. The summed E-state index contributed by atoms with van der Waals surface area (Å²) in [6.07, 6.45) is 5.82. The van der Waals surface area contributed by atoms with Gasteiger partial charge in [0.15, 0.2) is 11.6 Å². The van der Waals surface area contributed by atoms with Crippen LogP contribution in [0.15, 0.2) is 97.5 Å². The largest absolute Gasteiger partial charge is 0.460 e. The van der Waals surface area contributed by atoms with Crippen LogP contribution in [0.5, 0.6) is 11.5 Å². The molecule has 2 aliphatic rings. The summed E-state index contributed by atoms with van der Waals surface area (Å²) < 4.78 is 42.6. The van der Waals surface area contributed by atoms with Gasteiger partial charge in [0.05, 0.1) is 28.5 Å². The average molecular weight is 792 g/mol. The van der Waals surface area contributed by atoms with Crippen LogP contribution in [-0.4, -0.2) is 82.2 Å². The first-order valence-electron chi connectivity index (χ1n) is 18.6. The summed E-state index contributed by atoms with van der Waals surface area (Å²) in [7, 11) is 2.14. The zero-order chi connectivity index (χ0) is 39.5. The lowest BCUT2D eigenvalue weighted by Gasteiger charge is -2.32. The van der Waals surface area contributed by atoms with E-state index in [1.165, 1.54) is 47.7 Å². The smallest absolute Gasteiger partial charge is 0.338 e. The fraction of sp³-hybridized carbons (Fsp3) is 0.262. The number of hydrogen-bond donors (Lipinski definition) is 2. The summed E-state index contributed by atoms with van der Waals surface area (Å²) in [4.78, 5) is 48.8. The first-order valence-corrected chi connectivity index (χ1v) is 19.4. The van der Waals surface area contributed by atoms with Gasteiger partial charge >= 0.3 is 5.97 Å². The summed E-state index contributed by atoms with van der Waals surface area (Å²) in [6, 6.07) is 20.4. The lowest BCUT2D eigenvalue weighted by atomic mass is 10.0. The Morgan fingerprint density at radius 2 is 1.58 bits per heavy atom. The number of rotatable bonds is 13. The number of likely N-dealkylation sites (N-methyl/N-ethyl adjacent to an activating group) is 1. The van der Waals surface area contributed by atoms with E-state index in [1.807, 2.05) is 36.5 Å². The molecule has 0 atom stereocenters. The van der Waals surface area contributed by atoms with Gasteiger partial charge in [0, 0.05) is 79.1 Å². The van der Waals surface area contributed by atoms with E-state index in [9.17, 15) is 18.8 Å². The maximum Gasteiger partial charge on any atom is 0.338 e. The topological polar surface area (TPSA) is 131 Å². The van der Waals surface area contributed by atoms with Gasteiger partial charge in [-0.05, 0) is 80.1 Å².